The molecule has 0 saturated heterocycles. The second-order valence-corrected chi connectivity index (χ2v) is 5.74. The summed E-state index contributed by atoms with van der Waals surface area (Å²) in [5.41, 5.74) is -0.104. The summed E-state index contributed by atoms with van der Waals surface area (Å²) in [6, 6.07) is 0.288. The molecule has 1 heterocycles. The third-order valence-corrected chi connectivity index (χ3v) is 4.37. The van der Waals surface area contributed by atoms with E-state index in [2.05, 4.69) is 17.1 Å². The Bertz CT molecular complexity index is 406. The Morgan fingerprint density at radius 1 is 1.53 bits per heavy atom. The van der Waals surface area contributed by atoms with Gasteiger partial charge in [-0.25, -0.2) is 9.89 Å². The van der Waals surface area contributed by atoms with Crippen LogP contribution in [-0.4, -0.2) is 25.8 Å². The summed E-state index contributed by atoms with van der Waals surface area (Å²) in [6.45, 7) is 2.17. The van der Waals surface area contributed by atoms with Crippen LogP contribution in [0.2, 0.25) is 0 Å². The lowest BCUT2D eigenvalue weighted by Crippen LogP contribution is -2.21. The van der Waals surface area contributed by atoms with Crippen molar-refractivity contribution in [3.8, 4) is 0 Å². The van der Waals surface area contributed by atoms with Gasteiger partial charge in [0.15, 0.2) is 4.77 Å². The molecule has 0 bridgehead atoms. The van der Waals surface area contributed by atoms with Crippen molar-refractivity contribution in [2.24, 2.45) is 0 Å². The fourth-order valence-electron chi connectivity index (χ4n) is 2.19. The summed E-state index contributed by atoms with van der Waals surface area (Å²) in [5, 5.41) is 5.92. The molecule has 0 aromatic carbocycles. The highest BCUT2D eigenvalue weighted by Gasteiger charge is 2.27. The van der Waals surface area contributed by atoms with Crippen LogP contribution in [0.1, 0.15) is 32.2 Å². The van der Waals surface area contributed by atoms with E-state index in [0.717, 1.165) is 18.6 Å². The number of thioether (sulfide) groups is 1. The van der Waals surface area contributed by atoms with Gasteiger partial charge in [0.2, 0.25) is 0 Å². The standard InChI is InChI=1S/C9H15N3OS2/c1-2-15-7-4-3-6(5-7)12-8(13)10-11-9(12)14/h6-7H,2-5H2,1H3,(H,10,13)(H,11,14). The summed E-state index contributed by atoms with van der Waals surface area (Å²) < 4.78 is 2.21. The van der Waals surface area contributed by atoms with Gasteiger partial charge in [-0.2, -0.15) is 11.8 Å². The first-order chi connectivity index (χ1) is 7.22. The molecular formula is C9H15N3OS2. The van der Waals surface area contributed by atoms with Crippen molar-refractivity contribution < 1.29 is 0 Å². The Morgan fingerprint density at radius 3 is 2.93 bits per heavy atom. The van der Waals surface area contributed by atoms with Gasteiger partial charge in [-0.05, 0) is 37.2 Å². The van der Waals surface area contributed by atoms with Crippen LogP contribution in [0.15, 0.2) is 4.79 Å². The van der Waals surface area contributed by atoms with Crippen LogP contribution in [0.5, 0.6) is 0 Å². The van der Waals surface area contributed by atoms with E-state index in [9.17, 15) is 4.79 Å². The largest absolute Gasteiger partial charge is 0.342 e. The van der Waals surface area contributed by atoms with E-state index < -0.39 is 0 Å². The first-order valence-electron chi connectivity index (χ1n) is 5.23. The maximum absolute atomic E-state index is 11.5. The molecular weight excluding hydrogens is 230 g/mol. The average Bonchev–Trinajstić information content (AvgIpc) is 2.75. The minimum atomic E-state index is -0.104. The first kappa shape index (κ1) is 11.0. The number of nitrogens with zero attached hydrogens (tertiary/aromatic N) is 1. The van der Waals surface area contributed by atoms with Gasteiger partial charge >= 0.3 is 5.69 Å². The van der Waals surface area contributed by atoms with Crippen LogP contribution in [0, 0.1) is 4.77 Å². The highest BCUT2D eigenvalue weighted by atomic mass is 32.2. The fourth-order valence-corrected chi connectivity index (χ4v) is 3.61. The lowest BCUT2D eigenvalue weighted by Gasteiger charge is -2.10. The van der Waals surface area contributed by atoms with Gasteiger partial charge in [-0.3, -0.25) is 9.67 Å². The Morgan fingerprint density at radius 2 is 2.33 bits per heavy atom. The summed E-state index contributed by atoms with van der Waals surface area (Å²) in [5.74, 6) is 1.15. The highest BCUT2D eigenvalue weighted by molar-refractivity contribution is 7.99. The topological polar surface area (TPSA) is 53.6 Å². The number of nitrogens with one attached hydrogen (secondary N) is 2. The highest BCUT2D eigenvalue weighted by Crippen LogP contribution is 2.36. The molecule has 1 fully saturated rings. The van der Waals surface area contributed by atoms with Crippen LogP contribution in [0.4, 0.5) is 0 Å². The second-order valence-electron chi connectivity index (χ2n) is 3.77. The normalized spacial score (nSPS) is 25.9. The molecule has 0 aliphatic heterocycles. The van der Waals surface area contributed by atoms with Crippen LogP contribution >= 0.6 is 24.0 Å². The summed E-state index contributed by atoms with van der Waals surface area (Å²) in [4.78, 5) is 11.5. The van der Waals surface area contributed by atoms with Crippen LogP contribution in [0.25, 0.3) is 0 Å². The van der Waals surface area contributed by atoms with E-state index in [1.54, 1.807) is 4.57 Å². The molecule has 2 N–H and O–H groups in total. The predicted molar refractivity (Wildman–Crippen MR) is 65.0 cm³/mol. The quantitative estimate of drug-likeness (QED) is 0.802. The zero-order valence-corrected chi connectivity index (χ0v) is 10.3. The molecule has 2 unspecified atom stereocenters. The third kappa shape index (κ3) is 2.20. The number of hydrogen-bond acceptors (Lipinski definition) is 3. The minimum Gasteiger partial charge on any atom is -0.272 e. The lowest BCUT2D eigenvalue weighted by atomic mass is 10.2. The maximum atomic E-state index is 11.5. The van der Waals surface area contributed by atoms with Crippen molar-refractivity contribution >= 4 is 24.0 Å². The van der Waals surface area contributed by atoms with E-state index in [0.29, 0.717) is 10.0 Å². The number of aromatic amines is 2. The van der Waals surface area contributed by atoms with Crippen molar-refractivity contribution in [1.82, 2.24) is 14.8 Å². The Hall–Kier alpha value is -0.490. The molecule has 1 aliphatic carbocycles. The average molecular weight is 245 g/mol. The van der Waals surface area contributed by atoms with Crippen LogP contribution in [-0.2, 0) is 0 Å². The first-order valence-corrected chi connectivity index (χ1v) is 6.69. The SMILES string of the molecule is CCSC1CCC(n2c(=O)[nH][nH]c2=S)C1. The smallest absolute Gasteiger partial charge is 0.272 e. The number of aromatic nitrogens is 3. The van der Waals surface area contributed by atoms with Gasteiger partial charge < -0.3 is 0 Å². The van der Waals surface area contributed by atoms with E-state index in [4.69, 9.17) is 12.2 Å². The predicted octanol–water partition coefficient (Wildman–Crippen LogP) is 2.08. The van der Waals surface area contributed by atoms with E-state index in [1.807, 2.05) is 11.8 Å². The number of hydrogen-bond donors (Lipinski definition) is 2. The summed E-state index contributed by atoms with van der Waals surface area (Å²) in [7, 11) is 0. The fraction of sp³-hybridized carbons (Fsp3) is 0.778. The molecule has 4 nitrogen and oxygen atoms in total. The molecule has 0 spiro atoms. The number of rotatable bonds is 3. The van der Waals surface area contributed by atoms with Gasteiger partial charge in [0.1, 0.15) is 0 Å². The molecule has 2 rings (SSSR count). The second kappa shape index (κ2) is 4.57. The van der Waals surface area contributed by atoms with E-state index in [1.165, 1.54) is 6.42 Å². The monoisotopic (exact) mass is 245 g/mol. The Labute approximate surface area is 97.5 Å². The Balaban J connectivity index is 2.14. The zero-order valence-electron chi connectivity index (χ0n) is 8.66. The molecule has 0 amide bonds. The molecule has 1 aromatic heterocycles. The van der Waals surface area contributed by atoms with Gasteiger partial charge in [-0.1, -0.05) is 6.92 Å². The molecule has 1 aliphatic rings. The lowest BCUT2D eigenvalue weighted by molar-refractivity contribution is 0.499. The molecule has 2 atom stereocenters. The van der Waals surface area contributed by atoms with Crippen molar-refractivity contribution in [2.75, 3.05) is 5.75 Å². The van der Waals surface area contributed by atoms with Crippen LogP contribution in [0.3, 0.4) is 0 Å². The Kier molecular flexibility index (Phi) is 3.35. The molecule has 1 aromatic rings. The minimum absolute atomic E-state index is 0.104. The molecule has 84 valence electrons. The third-order valence-electron chi connectivity index (χ3n) is 2.84. The summed E-state index contributed by atoms with van der Waals surface area (Å²) >= 11 is 7.06. The van der Waals surface area contributed by atoms with Gasteiger partial charge in [0.05, 0.1) is 0 Å². The molecule has 6 heteroatoms. The number of H-pyrrole nitrogens is 2. The molecule has 1 saturated carbocycles. The van der Waals surface area contributed by atoms with E-state index >= 15 is 0 Å². The van der Waals surface area contributed by atoms with Crippen molar-refractivity contribution in [3.63, 3.8) is 0 Å². The van der Waals surface area contributed by atoms with Gasteiger partial charge in [0.25, 0.3) is 0 Å². The van der Waals surface area contributed by atoms with Gasteiger partial charge in [-0.15, -0.1) is 0 Å². The van der Waals surface area contributed by atoms with Crippen molar-refractivity contribution in [3.05, 3.63) is 15.3 Å². The van der Waals surface area contributed by atoms with Crippen LogP contribution < -0.4 is 5.69 Å². The van der Waals surface area contributed by atoms with Crippen molar-refractivity contribution in [2.45, 2.75) is 37.5 Å². The van der Waals surface area contributed by atoms with Gasteiger partial charge in [0, 0.05) is 11.3 Å². The summed E-state index contributed by atoms with van der Waals surface area (Å²) in [6.07, 6.45) is 3.32. The maximum Gasteiger partial charge on any atom is 0.342 e. The zero-order chi connectivity index (χ0) is 10.8. The van der Waals surface area contributed by atoms with Crippen molar-refractivity contribution in [1.29, 1.82) is 0 Å². The molecule has 0 radical (unpaired) electrons. The molecule has 15 heavy (non-hydrogen) atoms. The van der Waals surface area contributed by atoms with E-state index in [-0.39, 0.29) is 11.7 Å².